The van der Waals surface area contributed by atoms with Gasteiger partial charge in [-0.2, -0.15) is 9.61 Å². The Morgan fingerprint density at radius 2 is 2.21 bits per heavy atom. The molecule has 2 unspecified atom stereocenters. The summed E-state index contributed by atoms with van der Waals surface area (Å²) in [6.07, 6.45) is 4.52. The Hall–Kier alpha value is -1.01. The van der Waals surface area contributed by atoms with Crippen molar-refractivity contribution in [1.29, 1.82) is 0 Å². The van der Waals surface area contributed by atoms with E-state index in [1.54, 1.807) is 11.3 Å². The van der Waals surface area contributed by atoms with Crippen LogP contribution in [-0.4, -0.2) is 19.8 Å². The minimum absolute atomic E-state index is 0.267. The molecule has 0 amide bonds. The van der Waals surface area contributed by atoms with Crippen molar-refractivity contribution in [1.82, 2.24) is 19.8 Å². The largest absolute Gasteiger partial charge is 0.319 e. The van der Waals surface area contributed by atoms with Crippen molar-refractivity contribution >= 4 is 16.3 Å². The van der Waals surface area contributed by atoms with Crippen molar-refractivity contribution in [2.45, 2.75) is 57.9 Å². The molecule has 5 nitrogen and oxygen atoms in total. The zero-order valence-corrected chi connectivity index (χ0v) is 12.6. The van der Waals surface area contributed by atoms with Gasteiger partial charge in [0.2, 0.25) is 4.96 Å². The SMILES string of the molecule is CC1CCCC(N)(c2nn3c(C(C)C)nnc3s2)C1. The van der Waals surface area contributed by atoms with Crippen LogP contribution in [0.5, 0.6) is 0 Å². The molecule has 2 aromatic rings. The van der Waals surface area contributed by atoms with Crippen LogP contribution < -0.4 is 5.73 Å². The van der Waals surface area contributed by atoms with Crippen LogP contribution in [0.25, 0.3) is 4.96 Å². The first-order valence-electron chi connectivity index (χ1n) is 7.01. The van der Waals surface area contributed by atoms with E-state index in [1.807, 2.05) is 4.52 Å². The molecule has 0 bridgehead atoms. The van der Waals surface area contributed by atoms with Crippen molar-refractivity contribution in [2.24, 2.45) is 11.7 Å². The number of rotatable bonds is 2. The van der Waals surface area contributed by atoms with E-state index >= 15 is 0 Å². The number of fused-ring (bicyclic) bond motifs is 1. The van der Waals surface area contributed by atoms with Gasteiger partial charge < -0.3 is 5.73 Å². The first-order valence-corrected chi connectivity index (χ1v) is 7.83. The van der Waals surface area contributed by atoms with Gasteiger partial charge in [0.05, 0.1) is 5.54 Å². The van der Waals surface area contributed by atoms with Gasteiger partial charge in [-0.15, -0.1) is 10.2 Å². The molecular weight excluding hydrogens is 258 g/mol. The number of nitrogens with zero attached hydrogens (tertiary/aromatic N) is 4. The maximum atomic E-state index is 6.61. The number of nitrogens with two attached hydrogens (primary N) is 1. The fourth-order valence-corrected chi connectivity index (χ4v) is 3.97. The molecule has 0 saturated heterocycles. The van der Waals surface area contributed by atoms with Gasteiger partial charge in [0, 0.05) is 5.92 Å². The molecule has 6 heteroatoms. The Bertz CT molecular complexity index is 587. The number of hydrogen-bond donors (Lipinski definition) is 1. The molecule has 1 aliphatic carbocycles. The highest BCUT2D eigenvalue weighted by atomic mass is 32.1. The summed E-state index contributed by atoms with van der Waals surface area (Å²) < 4.78 is 1.87. The minimum Gasteiger partial charge on any atom is -0.319 e. The molecule has 0 aromatic carbocycles. The molecule has 2 heterocycles. The first-order chi connectivity index (χ1) is 8.99. The van der Waals surface area contributed by atoms with Gasteiger partial charge >= 0.3 is 0 Å². The fourth-order valence-electron chi connectivity index (χ4n) is 2.98. The number of hydrogen-bond acceptors (Lipinski definition) is 5. The Morgan fingerprint density at radius 1 is 1.42 bits per heavy atom. The molecule has 1 fully saturated rings. The fraction of sp³-hybridized carbons (Fsp3) is 0.769. The smallest absolute Gasteiger partial charge is 0.234 e. The summed E-state index contributed by atoms with van der Waals surface area (Å²) in [7, 11) is 0. The molecule has 0 radical (unpaired) electrons. The standard InChI is InChI=1S/C13H21N5S/c1-8(2)10-15-16-12-18(10)17-11(19-12)13(14)6-4-5-9(3)7-13/h8-9H,4-7,14H2,1-3H3. The highest BCUT2D eigenvalue weighted by molar-refractivity contribution is 7.16. The summed E-state index contributed by atoms with van der Waals surface area (Å²) in [5, 5.41) is 14.1. The van der Waals surface area contributed by atoms with E-state index in [0.717, 1.165) is 28.6 Å². The third-order valence-electron chi connectivity index (χ3n) is 3.99. The highest BCUT2D eigenvalue weighted by Gasteiger charge is 2.36. The van der Waals surface area contributed by atoms with Crippen molar-refractivity contribution in [2.75, 3.05) is 0 Å². The quantitative estimate of drug-likeness (QED) is 0.917. The van der Waals surface area contributed by atoms with Crippen molar-refractivity contribution in [3.05, 3.63) is 10.8 Å². The van der Waals surface area contributed by atoms with Crippen molar-refractivity contribution in [3.8, 4) is 0 Å². The molecule has 2 N–H and O–H groups in total. The van der Waals surface area contributed by atoms with Gasteiger partial charge in [0.1, 0.15) is 5.01 Å². The second kappa shape index (κ2) is 4.52. The van der Waals surface area contributed by atoms with Crippen molar-refractivity contribution < 1.29 is 0 Å². The Balaban J connectivity index is 2.01. The Morgan fingerprint density at radius 3 is 2.89 bits per heavy atom. The van der Waals surface area contributed by atoms with E-state index in [-0.39, 0.29) is 5.54 Å². The second-order valence-electron chi connectivity index (χ2n) is 6.17. The molecule has 0 aliphatic heterocycles. The van der Waals surface area contributed by atoms with Gasteiger partial charge in [-0.05, 0) is 18.8 Å². The molecule has 1 saturated carbocycles. The summed E-state index contributed by atoms with van der Waals surface area (Å²) in [6, 6.07) is 0. The van der Waals surface area contributed by atoms with Crippen LogP contribution in [0.1, 0.15) is 63.2 Å². The topological polar surface area (TPSA) is 69.1 Å². The third kappa shape index (κ3) is 2.17. The zero-order chi connectivity index (χ0) is 13.6. The predicted octanol–water partition coefficient (Wildman–Crippen LogP) is 2.67. The van der Waals surface area contributed by atoms with Crippen molar-refractivity contribution in [3.63, 3.8) is 0 Å². The summed E-state index contributed by atoms with van der Waals surface area (Å²) in [5.74, 6) is 1.92. The summed E-state index contributed by atoms with van der Waals surface area (Å²) in [5.41, 5.74) is 6.34. The lowest BCUT2D eigenvalue weighted by Gasteiger charge is -2.34. The van der Waals surface area contributed by atoms with E-state index in [2.05, 4.69) is 31.0 Å². The lowest BCUT2D eigenvalue weighted by Crippen LogP contribution is -2.41. The Kier molecular flexibility index (Phi) is 3.09. The Labute approximate surface area is 117 Å². The van der Waals surface area contributed by atoms with Gasteiger partial charge in [0.15, 0.2) is 5.82 Å². The molecule has 2 aromatic heterocycles. The average molecular weight is 279 g/mol. The van der Waals surface area contributed by atoms with E-state index in [9.17, 15) is 0 Å². The van der Waals surface area contributed by atoms with Gasteiger partial charge in [-0.1, -0.05) is 44.9 Å². The molecule has 104 valence electrons. The van der Waals surface area contributed by atoms with Crippen LogP contribution in [0.3, 0.4) is 0 Å². The number of aromatic nitrogens is 4. The van der Waals surface area contributed by atoms with Gasteiger partial charge in [-0.3, -0.25) is 0 Å². The maximum absolute atomic E-state index is 6.61. The maximum Gasteiger partial charge on any atom is 0.234 e. The van der Waals surface area contributed by atoms with Crippen LogP contribution in [0.15, 0.2) is 0 Å². The lowest BCUT2D eigenvalue weighted by atomic mass is 9.77. The summed E-state index contributed by atoms with van der Waals surface area (Å²) in [4.78, 5) is 0.863. The van der Waals surface area contributed by atoms with E-state index in [4.69, 9.17) is 10.8 Å². The lowest BCUT2D eigenvalue weighted by molar-refractivity contribution is 0.237. The van der Waals surface area contributed by atoms with Crippen LogP contribution >= 0.6 is 11.3 Å². The third-order valence-corrected chi connectivity index (χ3v) is 5.11. The molecule has 2 atom stereocenters. The van der Waals surface area contributed by atoms with Crippen LogP contribution in [-0.2, 0) is 5.54 Å². The molecular formula is C13H21N5S. The molecule has 3 rings (SSSR count). The van der Waals surface area contributed by atoms with Crippen LogP contribution in [0.4, 0.5) is 0 Å². The normalized spacial score (nSPS) is 28.4. The molecule has 1 aliphatic rings. The van der Waals surface area contributed by atoms with Gasteiger partial charge in [-0.25, -0.2) is 0 Å². The van der Waals surface area contributed by atoms with E-state index < -0.39 is 0 Å². The first kappa shape index (κ1) is 13.0. The second-order valence-corrected chi connectivity index (χ2v) is 7.13. The average Bonchev–Trinajstić information content (AvgIpc) is 2.86. The minimum atomic E-state index is -0.267. The predicted molar refractivity (Wildman–Crippen MR) is 76.2 cm³/mol. The monoisotopic (exact) mass is 279 g/mol. The highest BCUT2D eigenvalue weighted by Crippen LogP contribution is 2.39. The van der Waals surface area contributed by atoms with Crippen LogP contribution in [0.2, 0.25) is 0 Å². The van der Waals surface area contributed by atoms with Gasteiger partial charge in [0.25, 0.3) is 0 Å². The zero-order valence-electron chi connectivity index (χ0n) is 11.8. The van der Waals surface area contributed by atoms with Crippen LogP contribution in [0, 0.1) is 5.92 Å². The molecule has 19 heavy (non-hydrogen) atoms. The summed E-state index contributed by atoms with van der Waals surface area (Å²) in [6.45, 7) is 6.49. The van der Waals surface area contributed by atoms with E-state index in [0.29, 0.717) is 11.8 Å². The summed E-state index contributed by atoms with van der Waals surface area (Å²) >= 11 is 1.60. The van der Waals surface area contributed by atoms with E-state index in [1.165, 1.54) is 12.8 Å². The molecule has 0 spiro atoms.